The fourth-order valence-electron chi connectivity index (χ4n) is 3.18. The van der Waals surface area contributed by atoms with Crippen LogP contribution in [0.15, 0.2) is 54.7 Å². The Morgan fingerprint density at radius 3 is 2.57 bits per heavy atom. The minimum absolute atomic E-state index is 0.373. The maximum Gasteiger partial charge on any atom is 0.249 e. The van der Waals surface area contributed by atoms with Crippen LogP contribution in [0.4, 0.5) is 23.1 Å². The van der Waals surface area contributed by atoms with Crippen molar-refractivity contribution in [3.63, 3.8) is 0 Å². The molecule has 1 aromatic heterocycles. The molecule has 1 aliphatic rings. The van der Waals surface area contributed by atoms with Crippen LogP contribution in [0.2, 0.25) is 5.02 Å². The van der Waals surface area contributed by atoms with Crippen molar-refractivity contribution in [2.24, 2.45) is 0 Å². The van der Waals surface area contributed by atoms with Gasteiger partial charge in [0.1, 0.15) is 6.07 Å². The van der Waals surface area contributed by atoms with Crippen molar-refractivity contribution in [1.29, 1.82) is 5.26 Å². The van der Waals surface area contributed by atoms with Crippen LogP contribution >= 0.6 is 11.6 Å². The third-order valence-corrected chi connectivity index (χ3v) is 4.85. The number of rotatable bonds is 4. The zero-order valence-electron chi connectivity index (χ0n) is 15.1. The number of benzene rings is 2. The summed E-state index contributed by atoms with van der Waals surface area (Å²) in [6, 6.07) is 17.3. The number of piperazine rings is 1. The second-order valence-corrected chi connectivity index (χ2v) is 6.81. The lowest BCUT2D eigenvalue weighted by Crippen LogP contribution is -2.46. The molecule has 140 valence electrons. The zero-order chi connectivity index (χ0) is 19.3. The maximum atomic E-state index is 9.22. The summed E-state index contributed by atoms with van der Waals surface area (Å²) in [5.74, 6) is 1.13. The van der Waals surface area contributed by atoms with E-state index in [1.165, 1.54) is 0 Å². The highest BCUT2D eigenvalue weighted by atomic mass is 35.5. The average molecular weight is 392 g/mol. The number of nitrogens with one attached hydrogen (secondary N) is 1. The lowest BCUT2D eigenvalue weighted by molar-refractivity contribution is 0.645. The van der Waals surface area contributed by atoms with Crippen LogP contribution < -0.4 is 15.1 Å². The fourth-order valence-corrected chi connectivity index (χ4v) is 3.36. The second kappa shape index (κ2) is 8.11. The van der Waals surface area contributed by atoms with Crippen molar-refractivity contribution in [2.45, 2.75) is 0 Å². The number of nitrogens with zero attached hydrogens (tertiary/aromatic N) is 6. The Balaban J connectivity index is 1.45. The van der Waals surface area contributed by atoms with Gasteiger partial charge in [-0.25, -0.2) is 0 Å². The van der Waals surface area contributed by atoms with Gasteiger partial charge in [0, 0.05) is 36.9 Å². The van der Waals surface area contributed by atoms with Crippen LogP contribution in [0.1, 0.15) is 5.56 Å². The summed E-state index contributed by atoms with van der Waals surface area (Å²) in [5.41, 5.74) is 2.32. The lowest BCUT2D eigenvalue weighted by atomic mass is 10.2. The number of anilines is 4. The van der Waals surface area contributed by atoms with Gasteiger partial charge in [0.15, 0.2) is 5.82 Å². The molecule has 8 heteroatoms. The normalized spacial score (nSPS) is 13.9. The third-order valence-electron chi connectivity index (χ3n) is 4.62. The fraction of sp³-hybridized carbons (Fsp3) is 0.200. The Kier molecular flexibility index (Phi) is 5.22. The van der Waals surface area contributed by atoms with Gasteiger partial charge >= 0.3 is 0 Å². The van der Waals surface area contributed by atoms with Gasteiger partial charge < -0.3 is 15.1 Å². The number of para-hydroxylation sites is 1. The molecular formula is C20H18ClN7. The van der Waals surface area contributed by atoms with Crippen molar-refractivity contribution in [3.05, 3.63) is 65.3 Å². The molecule has 0 amide bonds. The first-order chi connectivity index (χ1) is 13.7. The van der Waals surface area contributed by atoms with E-state index in [1.54, 1.807) is 12.3 Å². The first-order valence-electron chi connectivity index (χ1n) is 8.94. The van der Waals surface area contributed by atoms with Gasteiger partial charge in [-0.2, -0.15) is 15.3 Å². The molecule has 0 aliphatic carbocycles. The predicted molar refractivity (Wildman–Crippen MR) is 110 cm³/mol. The number of hydrogen-bond donors (Lipinski definition) is 1. The largest absolute Gasteiger partial charge is 0.368 e. The van der Waals surface area contributed by atoms with Gasteiger partial charge in [0.25, 0.3) is 0 Å². The van der Waals surface area contributed by atoms with Crippen LogP contribution in [0.25, 0.3) is 0 Å². The van der Waals surface area contributed by atoms with E-state index in [9.17, 15) is 5.26 Å². The van der Waals surface area contributed by atoms with E-state index in [-0.39, 0.29) is 0 Å². The summed E-state index contributed by atoms with van der Waals surface area (Å²) in [7, 11) is 0. The van der Waals surface area contributed by atoms with Crippen LogP contribution in [0.3, 0.4) is 0 Å². The van der Waals surface area contributed by atoms with E-state index in [0.717, 1.165) is 42.7 Å². The van der Waals surface area contributed by atoms with Gasteiger partial charge in [-0.15, -0.1) is 5.10 Å². The summed E-state index contributed by atoms with van der Waals surface area (Å²) >= 11 is 6.10. The highest BCUT2D eigenvalue weighted by Gasteiger charge is 2.19. The average Bonchev–Trinajstić information content (AvgIpc) is 2.74. The molecule has 28 heavy (non-hydrogen) atoms. The SMILES string of the molecule is N#Cc1ccccc1Nc1nncc(N2CCN(c3cccc(Cl)c3)CC2)n1. The highest BCUT2D eigenvalue weighted by Crippen LogP contribution is 2.23. The molecule has 0 radical (unpaired) electrons. The monoisotopic (exact) mass is 391 g/mol. The van der Waals surface area contributed by atoms with Gasteiger partial charge in [-0.3, -0.25) is 0 Å². The molecule has 0 bridgehead atoms. The molecule has 0 atom stereocenters. The summed E-state index contributed by atoms with van der Waals surface area (Å²) < 4.78 is 0. The molecule has 4 rings (SSSR count). The first kappa shape index (κ1) is 18.0. The Hall–Kier alpha value is -3.37. The van der Waals surface area contributed by atoms with E-state index < -0.39 is 0 Å². The molecule has 7 nitrogen and oxygen atoms in total. The molecule has 0 spiro atoms. The van der Waals surface area contributed by atoms with Crippen molar-refractivity contribution in [2.75, 3.05) is 41.3 Å². The van der Waals surface area contributed by atoms with Gasteiger partial charge in [0.05, 0.1) is 17.4 Å². The number of halogens is 1. The van der Waals surface area contributed by atoms with Crippen molar-refractivity contribution < 1.29 is 0 Å². The molecular weight excluding hydrogens is 374 g/mol. The molecule has 0 saturated carbocycles. The highest BCUT2D eigenvalue weighted by molar-refractivity contribution is 6.30. The lowest BCUT2D eigenvalue weighted by Gasteiger charge is -2.36. The van der Waals surface area contributed by atoms with E-state index in [0.29, 0.717) is 17.2 Å². The molecule has 1 fully saturated rings. The van der Waals surface area contributed by atoms with Gasteiger partial charge in [-0.1, -0.05) is 29.8 Å². The molecule has 1 aliphatic heterocycles. The van der Waals surface area contributed by atoms with Crippen LogP contribution in [0.5, 0.6) is 0 Å². The third kappa shape index (κ3) is 3.97. The summed E-state index contributed by atoms with van der Waals surface area (Å²) in [5, 5.41) is 21.2. The van der Waals surface area contributed by atoms with E-state index in [1.807, 2.05) is 36.4 Å². The Bertz CT molecular complexity index is 1010. The summed E-state index contributed by atoms with van der Waals surface area (Å²) in [6.45, 7) is 3.37. The van der Waals surface area contributed by atoms with Gasteiger partial charge in [0.2, 0.25) is 5.95 Å². The topological polar surface area (TPSA) is 81.0 Å². The minimum Gasteiger partial charge on any atom is -0.368 e. The smallest absolute Gasteiger partial charge is 0.249 e. The molecule has 1 saturated heterocycles. The van der Waals surface area contributed by atoms with Gasteiger partial charge in [-0.05, 0) is 30.3 Å². The second-order valence-electron chi connectivity index (χ2n) is 6.37. The predicted octanol–water partition coefficient (Wildman–Crippen LogP) is 3.47. The molecule has 3 aromatic rings. The minimum atomic E-state index is 0.373. The first-order valence-corrected chi connectivity index (χ1v) is 9.32. The Labute approximate surface area is 168 Å². The molecule has 1 N–H and O–H groups in total. The Morgan fingerprint density at radius 2 is 1.79 bits per heavy atom. The van der Waals surface area contributed by atoms with Crippen molar-refractivity contribution in [1.82, 2.24) is 15.2 Å². The standard InChI is InChI=1S/C20H18ClN7/c21-16-5-3-6-17(12-16)27-8-10-28(11-9-27)19-14-23-26-20(25-19)24-18-7-2-1-4-15(18)13-22/h1-7,12,14H,8-11H2,(H,24,25,26). The van der Waals surface area contributed by atoms with Crippen LogP contribution in [0, 0.1) is 11.3 Å². The number of nitriles is 1. The molecule has 2 aromatic carbocycles. The van der Waals surface area contributed by atoms with E-state index in [4.69, 9.17) is 11.6 Å². The maximum absolute atomic E-state index is 9.22. The van der Waals surface area contributed by atoms with Crippen LogP contribution in [-0.4, -0.2) is 41.4 Å². The van der Waals surface area contributed by atoms with Crippen molar-refractivity contribution >= 4 is 34.7 Å². The zero-order valence-corrected chi connectivity index (χ0v) is 15.8. The van der Waals surface area contributed by atoms with E-state index in [2.05, 4.69) is 42.4 Å². The number of hydrogen-bond acceptors (Lipinski definition) is 7. The Morgan fingerprint density at radius 1 is 1.00 bits per heavy atom. The van der Waals surface area contributed by atoms with Crippen LogP contribution in [-0.2, 0) is 0 Å². The summed E-state index contributed by atoms with van der Waals surface area (Å²) in [4.78, 5) is 9.05. The summed E-state index contributed by atoms with van der Waals surface area (Å²) in [6.07, 6.45) is 1.66. The quantitative estimate of drug-likeness (QED) is 0.729. The van der Waals surface area contributed by atoms with E-state index >= 15 is 0 Å². The molecule has 2 heterocycles. The van der Waals surface area contributed by atoms with Crippen molar-refractivity contribution in [3.8, 4) is 6.07 Å². The molecule has 0 unspecified atom stereocenters. The number of aromatic nitrogens is 3.